The van der Waals surface area contributed by atoms with Gasteiger partial charge in [-0.3, -0.25) is 10.1 Å². The van der Waals surface area contributed by atoms with Crippen molar-refractivity contribution in [1.82, 2.24) is 10.2 Å². The van der Waals surface area contributed by atoms with Crippen LogP contribution >= 0.6 is 23.6 Å². The molecule has 3 aromatic rings. The van der Waals surface area contributed by atoms with Crippen LogP contribution in [0.3, 0.4) is 0 Å². The number of hydrogen-bond donors (Lipinski definition) is 1. The third kappa shape index (κ3) is 4.98. The van der Waals surface area contributed by atoms with Gasteiger partial charge in [0.2, 0.25) is 0 Å². The second-order valence-electron chi connectivity index (χ2n) is 5.56. The molecule has 0 spiro atoms. The van der Waals surface area contributed by atoms with Crippen molar-refractivity contribution in [2.45, 2.75) is 13.1 Å². The van der Waals surface area contributed by atoms with Gasteiger partial charge >= 0.3 is 0 Å². The Hall–Kier alpha value is -2.50. The number of benzene rings is 2. The number of thiophene rings is 1. The summed E-state index contributed by atoms with van der Waals surface area (Å²) in [6, 6.07) is 23.9. The molecule has 3 nitrogen and oxygen atoms in total. The summed E-state index contributed by atoms with van der Waals surface area (Å²) in [7, 11) is 0. The molecule has 2 aromatic carbocycles. The van der Waals surface area contributed by atoms with Crippen molar-refractivity contribution in [3.63, 3.8) is 0 Å². The summed E-state index contributed by atoms with van der Waals surface area (Å²) in [5.41, 5.74) is 2.29. The Kier molecular flexibility index (Phi) is 5.93. The maximum absolute atomic E-state index is 12.3. The van der Waals surface area contributed by atoms with Gasteiger partial charge in [0, 0.05) is 13.1 Å². The van der Waals surface area contributed by atoms with E-state index < -0.39 is 0 Å². The lowest BCUT2D eigenvalue weighted by Gasteiger charge is -2.25. The van der Waals surface area contributed by atoms with Gasteiger partial charge in [-0.1, -0.05) is 66.7 Å². The number of amides is 1. The van der Waals surface area contributed by atoms with Crippen molar-refractivity contribution in [3.8, 4) is 0 Å². The van der Waals surface area contributed by atoms with E-state index in [9.17, 15) is 4.79 Å². The quantitative estimate of drug-likeness (QED) is 0.677. The Bertz CT molecular complexity index is 776. The zero-order valence-electron chi connectivity index (χ0n) is 13.6. The molecule has 0 aliphatic rings. The standard InChI is InChI=1S/C20H18N2OS2/c23-19(18-12-7-13-25-18)21-20(24)22(14-16-8-3-1-4-9-16)15-17-10-5-2-6-11-17/h1-13H,14-15H2,(H,21,23,24). The van der Waals surface area contributed by atoms with Crippen LogP contribution < -0.4 is 5.32 Å². The van der Waals surface area contributed by atoms with E-state index in [1.54, 1.807) is 6.07 Å². The van der Waals surface area contributed by atoms with Crippen molar-refractivity contribution >= 4 is 34.6 Å². The molecule has 5 heteroatoms. The summed E-state index contributed by atoms with van der Waals surface area (Å²) in [6.07, 6.45) is 0. The normalized spacial score (nSPS) is 10.2. The molecule has 0 unspecified atom stereocenters. The topological polar surface area (TPSA) is 32.3 Å². The zero-order valence-corrected chi connectivity index (χ0v) is 15.2. The maximum Gasteiger partial charge on any atom is 0.267 e. The minimum atomic E-state index is -0.161. The van der Waals surface area contributed by atoms with Crippen molar-refractivity contribution in [1.29, 1.82) is 0 Å². The van der Waals surface area contributed by atoms with E-state index in [1.807, 2.05) is 52.7 Å². The number of carbonyl (C=O) groups is 1. The number of hydrogen-bond acceptors (Lipinski definition) is 3. The molecule has 0 radical (unpaired) electrons. The fourth-order valence-corrected chi connectivity index (χ4v) is 3.29. The van der Waals surface area contributed by atoms with Crippen LogP contribution in [-0.4, -0.2) is 15.9 Å². The van der Waals surface area contributed by atoms with Gasteiger partial charge in [0.15, 0.2) is 5.11 Å². The van der Waals surface area contributed by atoms with Gasteiger partial charge in [-0.2, -0.15) is 0 Å². The summed E-state index contributed by atoms with van der Waals surface area (Å²) < 4.78 is 0. The molecule has 0 fully saturated rings. The molecular formula is C20H18N2OS2. The summed E-state index contributed by atoms with van der Waals surface area (Å²) in [5.74, 6) is -0.161. The molecule has 3 rings (SSSR count). The Morgan fingerprint density at radius 3 is 1.92 bits per heavy atom. The molecule has 0 bridgehead atoms. The highest BCUT2D eigenvalue weighted by molar-refractivity contribution is 7.80. The van der Waals surface area contributed by atoms with Crippen LogP contribution in [0.25, 0.3) is 0 Å². The lowest BCUT2D eigenvalue weighted by atomic mass is 10.2. The average Bonchev–Trinajstić information content (AvgIpc) is 3.18. The fraction of sp³-hybridized carbons (Fsp3) is 0.100. The zero-order chi connectivity index (χ0) is 17.5. The van der Waals surface area contributed by atoms with Crippen molar-refractivity contribution in [2.75, 3.05) is 0 Å². The van der Waals surface area contributed by atoms with E-state index in [4.69, 9.17) is 12.2 Å². The van der Waals surface area contributed by atoms with Gasteiger partial charge in [0.25, 0.3) is 5.91 Å². The van der Waals surface area contributed by atoms with Crippen LogP contribution in [0, 0.1) is 0 Å². The van der Waals surface area contributed by atoms with Gasteiger partial charge < -0.3 is 4.90 Å². The first-order valence-corrected chi connectivity index (χ1v) is 9.23. The number of nitrogens with one attached hydrogen (secondary N) is 1. The van der Waals surface area contributed by atoms with Crippen molar-refractivity contribution < 1.29 is 4.79 Å². The molecule has 0 saturated carbocycles. The monoisotopic (exact) mass is 366 g/mol. The molecular weight excluding hydrogens is 348 g/mol. The molecule has 0 atom stereocenters. The molecule has 0 saturated heterocycles. The summed E-state index contributed by atoms with van der Waals surface area (Å²) in [6.45, 7) is 1.28. The van der Waals surface area contributed by atoms with E-state index in [1.165, 1.54) is 11.3 Å². The van der Waals surface area contributed by atoms with Gasteiger partial charge in [0.1, 0.15) is 0 Å². The maximum atomic E-state index is 12.3. The smallest absolute Gasteiger partial charge is 0.267 e. The van der Waals surface area contributed by atoms with Gasteiger partial charge in [-0.05, 0) is 34.8 Å². The molecule has 126 valence electrons. The number of rotatable bonds is 5. The molecule has 0 aliphatic heterocycles. The molecule has 25 heavy (non-hydrogen) atoms. The molecule has 1 heterocycles. The fourth-order valence-electron chi connectivity index (χ4n) is 2.45. The van der Waals surface area contributed by atoms with Crippen LogP contribution in [0.4, 0.5) is 0 Å². The number of nitrogens with zero attached hydrogens (tertiary/aromatic N) is 1. The predicted octanol–water partition coefficient (Wildman–Crippen LogP) is 4.47. The Balaban J connectivity index is 1.74. The lowest BCUT2D eigenvalue weighted by molar-refractivity contribution is 0.0976. The van der Waals surface area contributed by atoms with E-state index in [2.05, 4.69) is 29.6 Å². The van der Waals surface area contributed by atoms with E-state index in [0.717, 1.165) is 11.1 Å². The van der Waals surface area contributed by atoms with E-state index in [0.29, 0.717) is 23.1 Å². The van der Waals surface area contributed by atoms with Crippen molar-refractivity contribution in [3.05, 3.63) is 94.2 Å². The van der Waals surface area contributed by atoms with Crippen LogP contribution in [0.1, 0.15) is 20.8 Å². The number of carbonyl (C=O) groups excluding carboxylic acids is 1. The minimum absolute atomic E-state index is 0.161. The third-order valence-electron chi connectivity index (χ3n) is 3.69. The average molecular weight is 367 g/mol. The highest BCUT2D eigenvalue weighted by atomic mass is 32.1. The van der Waals surface area contributed by atoms with Gasteiger partial charge in [-0.25, -0.2) is 0 Å². The summed E-state index contributed by atoms with van der Waals surface area (Å²) in [5, 5.41) is 5.17. The van der Waals surface area contributed by atoms with E-state index >= 15 is 0 Å². The van der Waals surface area contributed by atoms with Crippen LogP contribution in [0.15, 0.2) is 78.2 Å². The highest BCUT2D eigenvalue weighted by Crippen LogP contribution is 2.12. The van der Waals surface area contributed by atoms with Gasteiger partial charge in [-0.15, -0.1) is 11.3 Å². The molecule has 1 aromatic heterocycles. The van der Waals surface area contributed by atoms with Crippen LogP contribution in [-0.2, 0) is 13.1 Å². The first kappa shape index (κ1) is 17.3. The highest BCUT2D eigenvalue weighted by Gasteiger charge is 2.15. The van der Waals surface area contributed by atoms with Crippen LogP contribution in [0.5, 0.6) is 0 Å². The second-order valence-corrected chi connectivity index (χ2v) is 6.90. The molecule has 1 N–H and O–H groups in total. The Morgan fingerprint density at radius 1 is 0.880 bits per heavy atom. The second kappa shape index (κ2) is 8.55. The van der Waals surface area contributed by atoms with E-state index in [-0.39, 0.29) is 5.91 Å². The Labute approximate surface area is 156 Å². The van der Waals surface area contributed by atoms with Gasteiger partial charge in [0.05, 0.1) is 4.88 Å². The first-order chi connectivity index (χ1) is 12.2. The van der Waals surface area contributed by atoms with Crippen LogP contribution in [0.2, 0.25) is 0 Å². The summed E-state index contributed by atoms with van der Waals surface area (Å²) in [4.78, 5) is 15.0. The SMILES string of the molecule is O=C(NC(=S)N(Cc1ccccc1)Cc1ccccc1)c1cccs1. The minimum Gasteiger partial charge on any atom is -0.340 e. The lowest BCUT2D eigenvalue weighted by Crippen LogP contribution is -2.41. The molecule has 1 amide bonds. The predicted molar refractivity (Wildman–Crippen MR) is 107 cm³/mol. The third-order valence-corrected chi connectivity index (χ3v) is 4.91. The number of thiocarbonyl (C=S) groups is 1. The summed E-state index contributed by atoms with van der Waals surface area (Å²) >= 11 is 6.93. The Morgan fingerprint density at radius 2 is 1.44 bits per heavy atom. The van der Waals surface area contributed by atoms with Crippen molar-refractivity contribution in [2.24, 2.45) is 0 Å². The first-order valence-electron chi connectivity index (χ1n) is 7.94. The largest absolute Gasteiger partial charge is 0.340 e. The molecule has 0 aliphatic carbocycles.